The minimum absolute atomic E-state index is 0.178. The van der Waals surface area contributed by atoms with Crippen LogP contribution in [0.25, 0.3) is 5.65 Å². The van der Waals surface area contributed by atoms with Crippen molar-refractivity contribution in [2.45, 2.75) is 19.9 Å². The molecule has 0 aliphatic carbocycles. The fraction of sp³-hybridized carbons (Fsp3) is 0.214. The molecule has 3 rings (SSSR count). The van der Waals surface area contributed by atoms with Crippen molar-refractivity contribution >= 4 is 11.5 Å². The lowest BCUT2D eigenvalue weighted by molar-refractivity contribution is 0.843. The van der Waals surface area contributed by atoms with Crippen LogP contribution in [0.2, 0.25) is 0 Å². The first kappa shape index (κ1) is 11.6. The molecule has 1 atom stereocenters. The standard InChI is InChI=1S/C14H15N5/c1-10-7-13-16-9-17-19(13)14(8-10)18-11(2)12-3-5-15-6-4-12/h3-9,11,18H,1-2H3. The molecule has 3 aromatic heterocycles. The molecule has 0 saturated heterocycles. The quantitative estimate of drug-likeness (QED) is 0.779. The van der Waals surface area contributed by atoms with E-state index in [2.05, 4.69) is 40.3 Å². The first-order chi connectivity index (χ1) is 9.24. The number of hydrogen-bond donors (Lipinski definition) is 1. The maximum atomic E-state index is 4.24. The molecular formula is C14H15N5. The normalized spacial score (nSPS) is 12.5. The Hall–Kier alpha value is -2.43. The van der Waals surface area contributed by atoms with Crippen LogP contribution in [0, 0.1) is 6.92 Å². The van der Waals surface area contributed by atoms with Crippen molar-refractivity contribution in [2.75, 3.05) is 5.32 Å². The molecule has 0 aromatic carbocycles. The highest BCUT2D eigenvalue weighted by molar-refractivity contribution is 5.52. The van der Waals surface area contributed by atoms with E-state index in [0.717, 1.165) is 17.0 Å². The molecule has 0 aliphatic rings. The van der Waals surface area contributed by atoms with Gasteiger partial charge in [0.05, 0.1) is 6.04 Å². The van der Waals surface area contributed by atoms with Crippen molar-refractivity contribution in [1.29, 1.82) is 0 Å². The van der Waals surface area contributed by atoms with Gasteiger partial charge >= 0.3 is 0 Å². The molecule has 3 heterocycles. The van der Waals surface area contributed by atoms with Gasteiger partial charge < -0.3 is 5.32 Å². The molecule has 5 nitrogen and oxygen atoms in total. The number of pyridine rings is 2. The van der Waals surface area contributed by atoms with Crippen LogP contribution in [0.4, 0.5) is 5.82 Å². The average molecular weight is 253 g/mol. The van der Waals surface area contributed by atoms with E-state index in [1.807, 2.05) is 22.7 Å². The van der Waals surface area contributed by atoms with Crippen LogP contribution in [0.5, 0.6) is 0 Å². The number of aryl methyl sites for hydroxylation is 1. The zero-order valence-electron chi connectivity index (χ0n) is 10.9. The lowest BCUT2D eigenvalue weighted by Crippen LogP contribution is -2.10. The highest BCUT2D eigenvalue weighted by Gasteiger charge is 2.09. The first-order valence-electron chi connectivity index (χ1n) is 6.21. The predicted octanol–water partition coefficient (Wildman–Crippen LogP) is 2.61. The minimum atomic E-state index is 0.178. The molecule has 96 valence electrons. The summed E-state index contributed by atoms with van der Waals surface area (Å²) in [5, 5.41) is 7.70. The Labute approximate surface area is 111 Å². The molecule has 0 amide bonds. The third kappa shape index (κ3) is 2.27. The zero-order chi connectivity index (χ0) is 13.2. The summed E-state index contributed by atoms with van der Waals surface area (Å²) in [6.07, 6.45) is 5.17. The predicted molar refractivity (Wildman–Crippen MR) is 74.0 cm³/mol. The van der Waals surface area contributed by atoms with E-state index in [0.29, 0.717) is 0 Å². The second-order valence-electron chi connectivity index (χ2n) is 4.59. The molecule has 1 unspecified atom stereocenters. The lowest BCUT2D eigenvalue weighted by atomic mass is 10.1. The van der Waals surface area contributed by atoms with Crippen LogP contribution >= 0.6 is 0 Å². The maximum Gasteiger partial charge on any atom is 0.157 e. The topological polar surface area (TPSA) is 55.1 Å². The highest BCUT2D eigenvalue weighted by atomic mass is 15.3. The summed E-state index contributed by atoms with van der Waals surface area (Å²) in [5.74, 6) is 0.941. The molecular weight excluding hydrogens is 238 g/mol. The Morgan fingerprint density at radius 1 is 1.21 bits per heavy atom. The number of aromatic nitrogens is 4. The van der Waals surface area contributed by atoms with Crippen LogP contribution in [0.1, 0.15) is 24.1 Å². The van der Waals surface area contributed by atoms with Crippen LogP contribution in [-0.4, -0.2) is 19.6 Å². The average Bonchev–Trinajstić information content (AvgIpc) is 2.88. The second-order valence-corrected chi connectivity index (χ2v) is 4.59. The van der Waals surface area contributed by atoms with Crippen molar-refractivity contribution in [2.24, 2.45) is 0 Å². The van der Waals surface area contributed by atoms with Crippen molar-refractivity contribution < 1.29 is 0 Å². The van der Waals surface area contributed by atoms with Gasteiger partial charge in [-0.1, -0.05) is 0 Å². The van der Waals surface area contributed by atoms with Gasteiger partial charge in [0, 0.05) is 12.4 Å². The molecule has 3 aromatic rings. The number of rotatable bonds is 3. The van der Waals surface area contributed by atoms with Crippen molar-refractivity contribution in [3.63, 3.8) is 0 Å². The third-order valence-corrected chi connectivity index (χ3v) is 3.09. The van der Waals surface area contributed by atoms with E-state index in [9.17, 15) is 0 Å². The van der Waals surface area contributed by atoms with Crippen LogP contribution in [0.15, 0.2) is 43.0 Å². The van der Waals surface area contributed by atoms with E-state index in [4.69, 9.17) is 0 Å². The summed E-state index contributed by atoms with van der Waals surface area (Å²) >= 11 is 0. The van der Waals surface area contributed by atoms with Gasteiger partial charge in [-0.3, -0.25) is 4.98 Å². The number of nitrogens with one attached hydrogen (secondary N) is 1. The molecule has 0 spiro atoms. The van der Waals surface area contributed by atoms with Crippen LogP contribution < -0.4 is 5.32 Å². The van der Waals surface area contributed by atoms with Gasteiger partial charge in [0.15, 0.2) is 5.65 Å². The van der Waals surface area contributed by atoms with Gasteiger partial charge in [-0.05, 0) is 49.2 Å². The number of fused-ring (bicyclic) bond motifs is 1. The van der Waals surface area contributed by atoms with Gasteiger partial charge in [-0.2, -0.15) is 9.61 Å². The summed E-state index contributed by atoms with van der Waals surface area (Å²) in [7, 11) is 0. The Bertz CT molecular complexity index is 689. The molecule has 0 fully saturated rings. The fourth-order valence-corrected chi connectivity index (χ4v) is 2.12. The molecule has 0 bridgehead atoms. The number of anilines is 1. The monoisotopic (exact) mass is 253 g/mol. The SMILES string of the molecule is Cc1cc(NC(C)c2ccncc2)n2ncnc2c1. The summed E-state index contributed by atoms with van der Waals surface area (Å²) in [5.41, 5.74) is 3.19. The van der Waals surface area contributed by atoms with Gasteiger partial charge in [0.2, 0.25) is 0 Å². The fourth-order valence-electron chi connectivity index (χ4n) is 2.12. The van der Waals surface area contributed by atoms with E-state index < -0.39 is 0 Å². The molecule has 5 heteroatoms. The van der Waals surface area contributed by atoms with Gasteiger partial charge in [-0.15, -0.1) is 0 Å². The molecule has 0 saturated carbocycles. The van der Waals surface area contributed by atoms with Crippen molar-refractivity contribution in [3.8, 4) is 0 Å². The Kier molecular flexibility index (Phi) is 2.87. The van der Waals surface area contributed by atoms with Crippen molar-refractivity contribution in [1.82, 2.24) is 19.6 Å². The molecule has 1 N–H and O–H groups in total. The summed E-state index contributed by atoms with van der Waals surface area (Å²) in [6.45, 7) is 4.16. The first-order valence-corrected chi connectivity index (χ1v) is 6.21. The number of hydrogen-bond acceptors (Lipinski definition) is 4. The second kappa shape index (κ2) is 4.68. The molecule has 0 aliphatic heterocycles. The van der Waals surface area contributed by atoms with Gasteiger partial charge in [0.25, 0.3) is 0 Å². The molecule has 19 heavy (non-hydrogen) atoms. The van der Waals surface area contributed by atoms with E-state index in [1.54, 1.807) is 18.7 Å². The smallest absolute Gasteiger partial charge is 0.157 e. The van der Waals surface area contributed by atoms with Crippen LogP contribution in [-0.2, 0) is 0 Å². The Morgan fingerprint density at radius 2 is 2.00 bits per heavy atom. The van der Waals surface area contributed by atoms with E-state index >= 15 is 0 Å². The summed E-state index contributed by atoms with van der Waals surface area (Å²) in [6, 6.07) is 8.27. The lowest BCUT2D eigenvalue weighted by Gasteiger charge is -2.16. The Balaban J connectivity index is 1.95. The summed E-state index contributed by atoms with van der Waals surface area (Å²) in [4.78, 5) is 8.26. The van der Waals surface area contributed by atoms with Gasteiger partial charge in [0.1, 0.15) is 12.1 Å². The zero-order valence-corrected chi connectivity index (χ0v) is 10.9. The molecule has 0 radical (unpaired) electrons. The Morgan fingerprint density at radius 3 is 2.79 bits per heavy atom. The minimum Gasteiger partial charge on any atom is -0.363 e. The largest absolute Gasteiger partial charge is 0.363 e. The van der Waals surface area contributed by atoms with Gasteiger partial charge in [-0.25, -0.2) is 4.98 Å². The van der Waals surface area contributed by atoms with Crippen molar-refractivity contribution in [3.05, 3.63) is 54.1 Å². The van der Waals surface area contributed by atoms with E-state index in [-0.39, 0.29) is 6.04 Å². The summed E-state index contributed by atoms with van der Waals surface area (Å²) < 4.78 is 1.81. The van der Waals surface area contributed by atoms with Crippen LogP contribution in [0.3, 0.4) is 0 Å². The number of nitrogens with zero attached hydrogens (tertiary/aromatic N) is 4. The maximum absolute atomic E-state index is 4.24. The highest BCUT2D eigenvalue weighted by Crippen LogP contribution is 2.20. The van der Waals surface area contributed by atoms with E-state index in [1.165, 1.54) is 5.56 Å². The third-order valence-electron chi connectivity index (χ3n) is 3.09.